The second-order valence-corrected chi connectivity index (χ2v) is 4.55. The number of ether oxygens (including phenoxy) is 1. The summed E-state index contributed by atoms with van der Waals surface area (Å²) in [6, 6.07) is 1.94. The fraction of sp³-hybridized carbons (Fsp3) is 0.500. The van der Waals surface area contributed by atoms with E-state index in [1.165, 1.54) is 13.2 Å². The van der Waals surface area contributed by atoms with Gasteiger partial charge in [-0.2, -0.15) is 0 Å². The molecule has 1 atom stereocenters. The molecule has 19 heavy (non-hydrogen) atoms. The van der Waals surface area contributed by atoms with Crippen LogP contribution in [0.5, 0.6) is 5.75 Å². The van der Waals surface area contributed by atoms with E-state index in [4.69, 9.17) is 10.5 Å². The van der Waals surface area contributed by atoms with Crippen molar-refractivity contribution in [1.82, 2.24) is 0 Å². The number of halogens is 1. The number of rotatable bonds is 6. The van der Waals surface area contributed by atoms with Crippen molar-refractivity contribution in [3.05, 3.63) is 28.1 Å². The van der Waals surface area contributed by atoms with Crippen LogP contribution in [0.15, 0.2) is 12.1 Å². The summed E-state index contributed by atoms with van der Waals surface area (Å²) in [5, 5.41) is 13.7. The van der Waals surface area contributed by atoms with E-state index in [1.807, 2.05) is 13.8 Å². The third-order valence-electron chi connectivity index (χ3n) is 2.85. The van der Waals surface area contributed by atoms with Crippen LogP contribution in [-0.4, -0.2) is 24.6 Å². The van der Waals surface area contributed by atoms with Crippen LogP contribution in [0.3, 0.4) is 0 Å². The average molecular weight is 271 g/mol. The summed E-state index contributed by atoms with van der Waals surface area (Å²) >= 11 is 0. The van der Waals surface area contributed by atoms with Crippen molar-refractivity contribution in [2.75, 3.05) is 19.0 Å². The fourth-order valence-electron chi connectivity index (χ4n) is 1.46. The summed E-state index contributed by atoms with van der Waals surface area (Å²) in [6.45, 7) is 4.26. The van der Waals surface area contributed by atoms with Crippen LogP contribution in [0.2, 0.25) is 0 Å². The molecule has 0 aliphatic heterocycles. The van der Waals surface area contributed by atoms with E-state index in [2.05, 4.69) is 5.32 Å². The van der Waals surface area contributed by atoms with Gasteiger partial charge in [0.25, 0.3) is 5.69 Å². The van der Waals surface area contributed by atoms with Gasteiger partial charge in [0, 0.05) is 18.7 Å². The average Bonchev–Trinajstić information content (AvgIpc) is 2.35. The van der Waals surface area contributed by atoms with Gasteiger partial charge in [0.1, 0.15) is 5.69 Å². The zero-order chi connectivity index (χ0) is 14.6. The quantitative estimate of drug-likeness (QED) is 0.611. The minimum atomic E-state index is -0.770. The number of nitro groups is 1. The SMILES string of the molecule is COc1cc(NCC(N)C(C)C)c([N+](=O)[O-])cc1F. The predicted octanol–water partition coefficient (Wildman–Crippen LogP) is 2.14. The van der Waals surface area contributed by atoms with Crippen molar-refractivity contribution < 1.29 is 14.1 Å². The monoisotopic (exact) mass is 271 g/mol. The molecular weight excluding hydrogens is 253 g/mol. The lowest BCUT2D eigenvalue weighted by molar-refractivity contribution is -0.384. The lowest BCUT2D eigenvalue weighted by Crippen LogP contribution is -2.34. The molecule has 0 aromatic heterocycles. The van der Waals surface area contributed by atoms with E-state index in [0.29, 0.717) is 6.54 Å². The number of benzene rings is 1. The van der Waals surface area contributed by atoms with Crippen molar-refractivity contribution in [2.24, 2.45) is 11.7 Å². The zero-order valence-corrected chi connectivity index (χ0v) is 11.1. The maximum absolute atomic E-state index is 13.4. The summed E-state index contributed by atoms with van der Waals surface area (Å²) < 4.78 is 18.2. The minimum Gasteiger partial charge on any atom is -0.494 e. The van der Waals surface area contributed by atoms with Gasteiger partial charge in [-0.15, -0.1) is 0 Å². The lowest BCUT2D eigenvalue weighted by Gasteiger charge is -2.17. The maximum Gasteiger partial charge on any atom is 0.295 e. The highest BCUT2D eigenvalue weighted by Gasteiger charge is 2.19. The molecule has 0 aliphatic rings. The third-order valence-corrected chi connectivity index (χ3v) is 2.85. The highest BCUT2D eigenvalue weighted by atomic mass is 19.1. The molecule has 0 radical (unpaired) electrons. The molecular formula is C12H18FN3O3. The highest BCUT2D eigenvalue weighted by Crippen LogP contribution is 2.31. The first-order valence-corrected chi connectivity index (χ1v) is 5.88. The first-order chi connectivity index (χ1) is 8.86. The summed E-state index contributed by atoms with van der Waals surface area (Å²) in [4.78, 5) is 10.2. The molecule has 0 fully saturated rings. The smallest absolute Gasteiger partial charge is 0.295 e. The van der Waals surface area contributed by atoms with Crippen molar-refractivity contribution in [1.29, 1.82) is 0 Å². The molecule has 1 unspecified atom stereocenters. The molecule has 0 aliphatic carbocycles. The normalized spacial score (nSPS) is 12.3. The van der Waals surface area contributed by atoms with E-state index in [1.54, 1.807) is 0 Å². The van der Waals surface area contributed by atoms with Crippen molar-refractivity contribution in [3.63, 3.8) is 0 Å². The van der Waals surface area contributed by atoms with Crippen molar-refractivity contribution >= 4 is 11.4 Å². The fourth-order valence-corrected chi connectivity index (χ4v) is 1.46. The molecule has 0 spiro atoms. The molecule has 106 valence electrons. The number of hydrogen-bond acceptors (Lipinski definition) is 5. The van der Waals surface area contributed by atoms with E-state index < -0.39 is 10.7 Å². The summed E-state index contributed by atoms with van der Waals surface area (Å²) in [5.41, 5.74) is 5.71. The van der Waals surface area contributed by atoms with Crippen LogP contribution < -0.4 is 15.8 Å². The number of anilines is 1. The lowest BCUT2D eigenvalue weighted by atomic mass is 10.1. The van der Waals surface area contributed by atoms with Crippen LogP contribution in [0.1, 0.15) is 13.8 Å². The Bertz CT molecular complexity index is 466. The largest absolute Gasteiger partial charge is 0.494 e. The van der Waals surface area contributed by atoms with Gasteiger partial charge in [-0.25, -0.2) is 4.39 Å². The second kappa shape index (κ2) is 6.33. The molecule has 0 heterocycles. The summed E-state index contributed by atoms with van der Waals surface area (Å²) in [7, 11) is 1.30. The Morgan fingerprint density at radius 3 is 2.63 bits per heavy atom. The van der Waals surface area contributed by atoms with Gasteiger partial charge in [0.05, 0.1) is 18.1 Å². The molecule has 0 bridgehead atoms. The number of nitrogens with two attached hydrogens (primary N) is 1. The molecule has 1 rings (SSSR count). The summed E-state index contributed by atoms with van der Waals surface area (Å²) in [5.74, 6) is -0.590. The van der Waals surface area contributed by atoms with Gasteiger partial charge in [-0.3, -0.25) is 10.1 Å². The zero-order valence-electron chi connectivity index (χ0n) is 11.1. The van der Waals surface area contributed by atoms with Gasteiger partial charge >= 0.3 is 0 Å². The Morgan fingerprint density at radius 1 is 1.53 bits per heavy atom. The van der Waals surface area contributed by atoms with Crippen molar-refractivity contribution in [2.45, 2.75) is 19.9 Å². The summed E-state index contributed by atoms with van der Waals surface area (Å²) in [6.07, 6.45) is 0. The van der Waals surface area contributed by atoms with Gasteiger partial charge < -0.3 is 15.8 Å². The first-order valence-electron chi connectivity index (χ1n) is 5.88. The second-order valence-electron chi connectivity index (χ2n) is 4.55. The van der Waals surface area contributed by atoms with E-state index >= 15 is 0 Å². The van der Waals surface area contributed by atoms with E-state index in [9.17, 15) is 14.5 Å². The Kier molecular flexibility index (Phi) is 5.05. The Labute approximate surface area is 110 Å². The molecule has 1 aromatic rings. The van der Waals surface area contributed by atoms with Crippen LogP contribution >= 0.6 is 0 Å². The van der Waals surface area contributed by atoms with Crippen LogP contribution in [0.4, 0.5) is 15.8 Å². The standard InChI is InChI=1S/C12H18FN3O3/c1-7(2)9(14)6-15-10-5-12(19-3)8(13)4-11(10)16(17)18/h4-5,7,9,15H,6,14H2,1-3H3. The number of nitrogens with zero attached hydrogens (tertiary/aromatic N) is 1. The first kappa shape index (κ1) is 15.2. The highest BCUT2D eigenvalue weighted by molar-refractivity contribution is 5.64. The van der Waals surface area contributed by atoms with E-state index in [0.717, 1.165) is 6.07 Å². The van der Waals surface area contributed by atoms with Gasteiger partial charge in [0.15, 0.2) is 11.6 Å². The number of nitrogens with one attached hydrogen (secondary N) is 1. The Balaban J connectivity index is 3.00. The third kappa shape index (κ3) is 3.78. The molecule has 3 N–H and O–H groups in total. The topological polar surface area (TPSA) is 90.4 Å². The molecule has 0 amide bonds. The van der Waals surface area contributed by atoms with Crippen LogP contribution in [-0.2, 0) is 0 Å². The predicted molar refractivity (Wildman–Crippen MR) is 70.9 cm³/mol. The van der Waals surface area contributed by atoms with Gasteiger partial charge in [-0.1, -0.05) is 13.8 Å². The molecule has 0 saturated heterocycles. The van der Waals surface area contributed by atoms with E-state index in [-0.39, 0.29) is 29.1 Å². The number of methoxy groups -OCH3 is 1. The Hall–Kier alpha value is -1.89. The van der Waals surface area contributed by atoms with Crippen LogP contribution in [0, 0.1) is 21.8 Å². The van der Waals surface area contributed by atoms with Gasteiger partial charge in [-0.05, 0) is 5.92 Å². The van der Waals surface area contributed by atoms with Crippen molar-refractivity contribution in [3.8, 4) is 5.75 Å². The molecule has 6 nitrogen and oxygen atoms in total. The maximum atomic E-state index is 13.4. The number of hydrogen-bond donors (Lipinski definition) is 2. The minimum absolute atomic E-state index is 0.0498. The molecule has 1 aromatic carbocycles. The molecule has 0 saturated carbocycles. The van der Waals surface area contributed by atoms with Crippen LogP contribution in [0.25, 0.3) is 0 Å². The number of nitro benzene ring substituents is 1. The molecule has 7 heteroatoms. The van der Waals surface area contributed by atoms with Gasteiger partial charge in [0.2, 0.25) is 0 Å². The Morgan fingerprint density at radius 2 is 2.16 bits per heavy atom.